The average Bonchev–Trinajstić information content (AvgIpc) is 3.08. The van der Waals surface area contributed by atoms with Crippen molar-refractivity contribution in [1.82, 2.24) is 5.01 Å². The molecule has 2 aromatic carbocycles. The number of nitrogens with zero attached hydrogens (tertiary/aromatic N) is 2. The van der Waals surface area contributed by atoms with E-state index in [2.05, 4.69) is 5.10 Å². The summed E-state index contributed by atoms with van der Waals surface area (Å²) < 4.78 is 37.7. The Morgan fingerprint density at radius 1 is 1.19 bits per heavy atom. The first kappa shape index (κ1) is 19.2. The van der Waals surface area contributed by atoms with Crippen molar-refractivity contribution in [2.75, 3.05) is 5.75 Å². The van der Waals surface area contributed by atoms with Crippen LogP contribution in [-0.2, 0) is 20.4 Å². The Morgan fingerprint density at radius 3 is 2.44 bits per heavy atom. The summed E-state index contributed by atoms with van der Waals surface area (Å²) in [6.07, 6.45) is 0.396. The first-order chi connectivity index (χ1) is 12.8. The quantitative estimate of drug-likeness (QED) is 0.788. The predicted molar refractivity (Wildman–Crippen MR) is 102 cm³/mol. The minimum atomic E-state index is -3.10. The fourth-order valence-corrected chi connectivity index (χ4v) is 4.02. The molecule has 142 valence electrons. The molecule has 1 atom stereocenters. The highest BCUT2D eigenvalue weighted by Crippen LogP contribution is 2.34. The van der Waals surface area contributed by atoms with Crippen LogP contribution in [0.1, 0.15) is 43.0 Å². The van der Waals surface area contributed by atoms with E-state index in [-0.39, 0.29) is 23.2 Å². The van der Waals surface area contributed by atoms with Crippen LogP contribution >= 0.6 is 0 Å². The minimum absolute atomic E-state index is 0.00627. The lowest BCUT2D eigenvalue weighted by Crippen LogP contribution is -2.25. The molecule has 1 aliphatic heterocycles. The van der Waals surface area contributed by atoms with Gasteiger partial charge in [0.25, 0.3) is 0 Å². The van der Waals surface area contributed by atoms with Crippen LogP contribution in [0.15, 0.2) is 53.6 Å². The molecule has 1 heterocycles. The maximum atomic E-state index is 14.2. The number of benzene rings is 2. The van der Waals surface area contributed by atoms with Crippen LogP contribution in [0, 0.1) is 5.82 Å². The Labute approximate surface area is 158 Å². The number of carbonyl (C=O) groups excluding carboxylic acids is 1. The first-order valence-corrected chi connectivity index (χ1v) is 10.5. The molecule has 0 saturated carbocycles. The van der Waals surface area contributed by atoms with E-state index in [1.807, 2.05) is 0 Å². The largest absolute Gasteiger partial charge is 0.273 e. The lowest BCUT2D eigenvalue weighted by Gasteiger charge is -2.20. The molecular formula is C20H21FN2O3S. The zero-order valence-electron chi connectivity index (χ0n) is 15.2. The number of rotatable bonds is 5. The van der Waals surface area contributed by atoms with Crippen LogP contribution < -0.4 is 0 Å². The molecule has 0 aliphatic carbocycles. The smallest absolute Gasteiger partial charge is 0.240 e. The normalized spacial score (nSPS) is 17.1. The van der Waals surface area contributed by atoms with Crippen LogP contribution in [0.5, 0.6) is 0 Å². The summed E-state index contributed by atoms with van der Waals surface area (Å²) in [7, 11) is -3.10. The summed E-state index contributed by atoms with van der Waals surface area (Å²) >= 11 is 0. The van der Waals surface area contributed by atoms with Crippen LogP contribution in [-0.4, -0.2) is 30.8 Å². The van der Waals surface area contributed by atoms with Crippen LogP contribution in [0.2, 0.25) is 0 Å². The second kappa shape index (κ2) is 7.60. The van der Waals surface area contributed by atoms with Crippen LogP contribution in [0.25, 0.3) is 0 Å². The third-order valence-corrected chi connectivity index (χ3v) is 6.26. The topological polar surface area (TPSA) is 66.8 Å². The summed E-state index contributed by atoms with van der Waals surface area (Å²) in [6.45, 7) is 3.02. The molecule has 2 aromatic rings. The second-order valence-electron chi connectivity index (χ2n) is 6.53. The molecule has 0 saturated heterocycles. The van der Waals surface area contributed by atoms with Gasteiger partial charge in [0.15, 0.2) is 9.84 Å². The first-order valence-electron chi connectivity index (χ1n) is 8.72. The summed E-state index contributed by atoms with van der Waals surface area (Å²) in [4.78, 5) is 12.0. The molecule has 1 amide bonds. The third-order valence-electron chi connectivity index (χ3n) is 4.61. The minimum Gasteiger partial charge on any atom is -0.273 e. The fraction of sp³-hybridized carbons (Fsp3) is 0.300. The van der Waals surface area contributed by atoms with Gasteiger partial charge >= 0.3 is 0 Å². The van der Waals surface area contributed by atoms with Gasteiger partial charge in [0.05, 0.1) is 17.5 Å². The Bertz CT molecular complexity index is 985. The second-order valence-corrected chi connectivity index (χ2v) is 8.88. The van der Waals surface area contributed by atoms with Crippen molar-refractivity contribution in [1.29, 1.82) is 0 Å². The van der Waals surface area contributed by atoms with Gasteiger partial charge in [-0.15, -0.1) is 0 Å². The number of hydrogen-bond acceptors (Lipinski definition) is 4. The number of amides is 1. The number of carbonyl (C=O) groups is 1. The molecule has 0 bridgehead atoms. The monoisotopic (exact) mass is 388 g/mol. The predicted octanol–water partition coefficient (Wildman–Crippen LogP) is 3.46. The maximum Gasteiger partial charge on any atom is 0.240 e. The molecule has 27 heavy (non-hydrogen) atoms. The Kier molecular flexibility index (Phi) is 5.41. The van der Waals surface area contributed by atoms with Crippen molar-refractivity contribution in [3.63, 3.8) is 0 Å². The molecular weight excluding hydrogens is 367 g/mol. The SMILES string of the molecule is CCS(=O)(=O)Cc1ccc(C2=NN(C(C)=O)C(c3ccccc3F)C2)cc1. The Hall–Kier alpha value is -2.54. The summed E-state index contributed by atoms with van der Waals surface area (Å²) in [5.74, 6) is -0.540. The molecule has 3 rings (SSSR count). The van der Waals surface area contributed by atoms with E-state index in [9.17, 15) is 17.6 Å². The van der Waals surface area contributed by atoms with Gasteiger partial charge < -0.3 is 0 Å². The average molecular weight is 388 g/mol. The van der Waals surface area contributed by atoms with Gasteiger partial charge in [0.2, 0.25) is 5.91 Å². The lowest BCUT2D eigenvalue weighted by molar-refractivity contribution is -0.130. The highest BCUT2D eigenvalue weighted by atomic mass is 32.2. The molecule has 0 aromatic heterocycles. The van der Waals surface area contributed by atoms with Gasteiger partial charge in [0.1, 0.15) is 5.82 Å². The molecule has 1 unspecified atom stereocenters. The Morgan fingerprint density at radius 2 is 1.85 bits per heavy atom. The Balaban J connectivity index is 1.86. The van der Waals surface area contributed by atoms with Gasteiger partial charge in [-0.3, -0.25) is 4.79 Å². The van der Waals surface area contributed by atoms with Crippen molar-refractivity contribution in [2.45, 2.75) is 32.1 Å². The number of sulfone groups is 1. The molecule has 0 spiro atoms. The zero-order chi connectivity index (χ0) is 19.6. The molecule has 5 nitrogen and oxygen atoms in total. The molecule has 0 fully saturated rings. The van der Waals surface area contributed by atoms with E-state index in [4.69, 9.17) is 0 Å². The van der Waals surface area contributed by atoms with E-state index >= 15 is 0 Å². The van der Waals surface area contributed by atoms with Gasteiger partial charge in [-0.2, -0.15) is 5.10 Å². The zero-order valence-corrected chi connectivity index (χ0v) is 16.0. The van der Waals surface area contributed by atoms with Gasteiger partial charge in [-0.25, -0.2) is 17.8 Å². The van der Waals surface area contributed by atoms with Gasteiger partial charge in [-0.05, 0) is 17.2 Å². The molecule has 1 aliphatic rings. The number of hydrogen-bond donors (Lipinski definition) is 0. The third kappa shape index (κ3) is 4.24. The van der Waals surface area contributed by atoms with Crippen molar-refractivity contribution < 1.29 is 17.6 Å². The number of halogens is 1. The van der Waals surface area contributed by atoms with Crippen LogP contribution in [0.3, 0.4) is 0 Å². The highest BCUT2D eigenvalue weighted by molar-refractivity contribution is 7.90. The lowest BCUT2D eigenvalue weighted by atomic mass is 9.97. The van der Waals surface area contributed by atoms with Crippen molar-refractivity contribution in [3.05, 3.63) is 71.0 Å². The number of hydrazone groups is 1. The summed E-state index contributed by atoms with van der Waals surface area (Å²) in [5.41, 5.74) is 2.59. The van der Waals surface area contributed by atoms with Crippen molar-refractivity contribution in [2.24, 2.45) is 5.10 Å². The van der Waals surface area contributed by atoms with E-state index in [1.54, 1.807) is 49.4 Å². The fourth-order valence-electron chi connectivity index (χ4n) is 3.11. The molecule has 0 N–H and O–H groups in total. The molecule has 7 heteroatoms. The summed E-state index contributed by atoms with van der Waals surface area (Å²) in [6, 6.07) is 13.0. The van der Waals surface area contributed by atoms with E-state index < -0.39 is 15.9 Å². The van der Waals surface area contributed by atoms with Crippen molar-refractivity contribution >= 4 is 21.5 Å². The standard InChI is InChI=1S/C20H21FN2O3S/c1-3-27(25,26)13-15-8-10-16(11-9-15)19-12-20(23(22-19)14(2)24)17-6-4-5-7-18(17)21/h4-11,20H,3,12-13H2,1-2H3. The van der Waals surface area contributed by atoms with Gasteiger partial charge in [0, 0.05) is 24.7 Å². The van der Waals surface area contributed by atoms with E-state index in [0.717, 1.165) is 5.56 Å². The van der Waals surface area contributed by atoms with E-state index in [0.29, 0.717) is 23.3 Å². The summed E-state index contributed by atoms with van der Waals surface area (Å²) in [5, 5.41) is 5.70. The molecule has 0 radical (unpaired) electrons. The maximum absolute atomic E-state index is 14.2. The van der Waals surface area contributed by atoms with Gasteiger partial charge in [-0.1, -0.05) is 49.4 Å². The van der Waals surface area contributed by atoms with Crippen molar-refractivity contribution in [3.8, 4) is 0 Å². The van der Waals surface area contributed by atoms with Crippen LogP contribution in [0.4, 0.5) is 4.39 Å². The highest BCUT2D eigenvalue weighted by Gasteiger charge is 2.32. The van der Waals surface area contributed by atoms with E-state index in [1.165, 1.54) is 18.0 Å².